The first kappa shape index (κ1) is 14.4. The van der Waals surface area contributed by atoms with Crippen LogP contribution in [0.25, 0.3) is 0 Å². The summed E-state index contributed by atoms with van der Waals surface area (Å²) in [5.41, 5.74) is 0.620. The summed E-state index contributed by atoms with van der Waals surface area (Å²) in [5, 5.41) is 0.298. The van der Waals surface area contributed by atoms with Gasteiger partial charge in [0.05, 0.1) is 12.1 Å². The minimum atomic E-state index is -2.25. The van der Waals surface area contributed by atoms with E-state index in [2.05, 4.69) is 0 Å². The van der Waals surface area contributed by atoms with E-state index in [1.807, 2.05) is 0 Å². The second-order valence-corrected chi connectivity index (χ2v) is 3.80. The fraction of sp³-hybridized carbons (Fsp3) is 0.250. The zero-order chi connectivity index (χ0) is 10.0. The summed E-state index contributed by atoms with van der Waals surface area (Å²) in [6.07, 6.45) is 0. The van der Waals surface area contributed by atoms with Crippen molar-refractivity contribution in [2.75, 3.05) is 7.11 Å². The van der Waals surface area contributed by atoms with E-state index in [0.717, 1.165) is 0 Å². The molecular weight excluding hydrogens is 235 g/mol. The van der Waals surface area contributed by atoms with Crippen molar-refractivity contribution in [3.63, 3.8) is 0 Å². The Morgan fingerprint density at radius 1 is 1.50 bits per heavy atom. The SMILES string of the molecule is COc1cc(C)c(S(=O)[O-])cc1Cl.[Na+]. The topological polar surface area (TPSA) is 49.4 Å². The fourth-order valence-electron chi connectivity index (χ4n) is 0.973. The maximum absolute atomic E-state index is 10.7. The summed E-state index contributed by atoms with van der Waals surface area (Å²) in [4.78, 5) is 0.200. The van der Waals surface area contributed by atoms with Gasteiger partial charge in [0.25, 0.3) is 0 Å². The van der Waals surface area contributed by atoms with Gasteiger partial charge < -0.3 is 9.29 Å². The molecule has 1 atom stereocenters. The number of benzene rings is 1. The van der Waals surface area contributed by atoms with Crippen LogP contribution in [0.2, 0.25) is 5.02 Å². The Morgan fingerprint density at radius 3 is 2.50 bits per heavy atom. The Labute approximate surface area is 112 Å². The van der Waals surface area contributed by atoms with E-state index in [1.165, 1.54) is 13.2 Å². The van der Waals surface area contributed by atoms with Gasteiger partial charge in [-0.1, -0.05) is 11.6 Å². The second kappa shape index (κ2) is 6.10. The molecule has 1 unspecified atom stereocenters. The van der Waals surface area contributed by atoms with Crippen LogP contribution in [0, 0.1) is 6.92 Å². The van der Waals surface area contributed by atoms with E-state index in [-0.39, 0.29) is 34.5 Å². The molecule has 0 heterocycles. The summed E-state index contributed by atoms with van der Waals surface area (Å²) in [6, 6.07) is 2.96. The third-order valence-electron chi connectivity index (χ3n) is 1.63. The number of methoxy groups -OCH3 is 1. The molecule has 0 bridgehead atoms. The molecule has 0 amide bonds. The van der Waals surface area contributed by atoms with Crippen LogP contribution in [0.1, 0.15) is 5.56 Å². The van der Waals surface area contributed by atoms with Crippen LogP contribution in [0.4, 0.5) is 0 Å². The molecule has 14 heavy (non-hydrogen) atoms. The first-order valence-electron chi connectivity index (χ1n) is 3.49. The molecule has 3 nitrogen and oxygen atoms in total. The third kappa shape index (κ3) is 3.22. The molecule has 0 aliphatic carbocycles. The Hall–Kier alpha value is 0.420. The van der Waals surface area contributed by atoms with E-state index in [4.69, 9.17) is 16.3 Å². The molecule has 1 rings (SSSR count). The van der Waals surface area contributed by atoms with Crippen molar-refractivity contribution in [1.29, 1.82) is 0 Å². The van der Waals surface area contributed by atoms with Crippen LogP contribution in [-0.4, -0.2) is 15.9 Å². The average molecular weight is 243 g/mol. The van der Waals surface area contributed by atoms with Gasteiger partial charge in [0, 0.05) is 4.90 Å². The smallest absolute Gasteiger partial charge is 0.768 e. The number of hydrogen-bond acceptors (Lipinski definition) is 3. The average Bonchev–Trinajstić information content (AvgIpc) is 2.07. The van der Waals surface area contributed by atoms with Crippen LogP contribution < -0.4 is 34.3 Å². The van der Waals surface area contributed by atoms with Crippen molar-refractivity contribution in [1.82, 2.24) is 0 Å². The predicted octanol–water partition coefficient (Wildman–Crippen LogP) is -1.10. The Morgan fingerprint density at radius 2 is 2.07 bits per heavy atom. The Kier molecular flexibility index (Phi) is 6.28. The number of ether oxygens (including phenoxy) is 1. The summed E-state index contributed by atoms with van der Waals surface area (Å²) in [6.45, 7) is 1.68. The van der Waals surface area contributed by atoms with Crippen molar-refractivity contribution in [2.24, 2.45) is 0 Å². The molecule has 0 aromatic heterocycles. The van der Waals surface area contributed by atoms with Crippen molar-refractivity contribution in [3.05, 3.63) is 22.7 Å². The number of rotatable bonds is 2. The first-order valence-corrected chi connectivity index (χ1v) is 4.95. The quantitative estimate of drug-likeness (QED) is 0.489. The molecule has 0 spiro atoms. The van der Waals surface area contributed by atoms with Crippen LogP contribution in [-0.2, 0) is 11.1 Å². The van der Waals surface area contributed by atoms with E-state index >= 15 is 0 Å². The summed E-state index contributed by atoms with van der Waals surface area (Å²) >= 11 is 3.50. The normalized spacial score (nSPS) is 11.7. The largest absolute Gasteiger partial charge is 1.00 e. The van der Waals surface area contributed by atoms with Gasteiger partial charge in [0.1, 0.15) is 5.75 Å². The molecule has 0 fully saturated rings. The molecule has 0 saturated heterocycles. The van der Waals surface area contributed by atoms with E-state index in [0.29, 0.717) is 16.3 Å². The number of halogens is 1. The van der Waals surface area contributed by atoms with Crippen molar-refractivity contribution < 1.29 is 43.1 Å². The first-order chi connectivity index (χ1) is 6.06. The van der Waals surface area contributed by atoms with Crippen LogP contribution in [0.15, 0.2) is 17.0 Å². The summed E-state index contributed by atoms with van der Waals surface area (Å²) < 4.78 is 26.3. The molecule has 0 aliphatic heterocycles. The molecule has 0 saturated carbocycles. The molecule has 0 N–H and O–H groups in total. The van der Waals surface area contributed by atoms with E-state index < -0.39 is 11.1 Å². The zero-order valence-corrected chi connectivity index (χ0v) is 11.7. The predicted molar refractivity (Wildman–Crippen MR) is 49.9 cm³/mol. The Balaban J connectivity index is 0.00000169. The molecule has 72 valence electrons. The van der Waals surface area contributed by atoms with Gasteiger partial charge >= 0.3 is 29.6 Å². The monoisotopic (exact) mass is 242 g/mol. The van der Waals surface area contributed by atoms with E-state index in [1.54, 1.807) is 13.0 Å². The maximum atomic E-state index is 10.7. The number of hydrogen-bond donors (Lipinski definition) is 0. The van der Waals surface area contributed by atoms with Gasteiger partial charge in [0.2, 0.25) is 0 Å². The van der Waals surface area contributed by atoms with Gasteiger partial charge in [-0.2, -0.15) is 0 Å². The van der Waals surface area contributed by atoms with Gasteiger partial charge in [-0.25, -0.2) is 0 Å². The molecular formula is C8H8ClNaO3S. The Bertz CT molecular complexity index is 357. The third-order valence-corrected chi connectivity index (χ3v) is 2.72. The van der Waals surface area contributed by atoms with Crippen molar-refractivity contribution in [3.8, 4) is 5.75 Å². The molecule has 1 aromatic carbocycles. The molecule has 6 heteroatoms. The van der Waals surface area contributed by atoms with Crippen molar-refractivity contribution >= 4 is 22.7 Å². The van der Waals surface area contributed by atoms with Gasteiger partial charge in [-0.05, 0) is 35.7 Å². The fourth-order valence-corrected chi connectivity index (χ4v) is 1.81. The standard InChI is InChI=1S/C8H9ClO3S.Na/c1-5-3-7(12-2)6(9)4-8(5)13(10)11;/h3-4H,1-2H3,(H,10,11);/q;+1/p-1. The zero-order valence-electron chi connectivity index (χ0n) is 8.17. The summed E-state index contributed by atoms with van der Waals surface area (Å²) in [7, 11) is 1.48. The van der Waals surface area contributed by atoms with Gasteiger partial charge in [-0.3, -0.25) is 4.21 Å². The molecule has 0 aliphatic rings. The van der Waals surface area contributed by atoms with E-state index in [9.17, 15) is 8.76 Å². The molecule has 1 aromatic rings. The summed E-state index contributed by atoms with van der Waals surface area (Å²) in [5.74, 6) is 0.480. The van der Waals surface area contributed by atoms with Crippen LogP contribution in [0.3, 0.4) is 0 Å². The second-order valence-electron chi connectivity index (χ2n) is 2.49. The van der Waals surface area contributed by atoms with Crippen LogP contribution >= 0.6 is 11.6 Å². The van der Waals surface area contributed by atoms with Gasteiger partial charge in [-0.15, -0.1) is 0 Å². The number of aryl methyl sites for hydroxylation is 1. The van der Waals surface area contributed by atoms with Crippen LogP contribution in [0.5, 0.6) is 5.75 Å². The maximum Gasteiger partial charge on any atom is 1.00 e. The molecule has 0 radical (unpaired) electrons. The minimum absolute atomic E-state index is 0. The van der Waals surface area contributed by atoms with Crippen molar-refractivity contribution in [2.45, 2.75) is 11.8 Å². The minimum Gasteiger partial charge on any atom is -0.768 e. The van der Waals surface area contributed by atoms with Gasteiger partial charge in [0.15, 0.2) is 0 Å².